The maximum absolute atomic E-state index is 12.7. The van der Waals surface area contributed by atoms with Gasteiger partial charge in [0, 0.05) is 32.4 Å². The number of aromatic nitrogens is 1. The topological polar surface area (TPSA) is 69.5 Å². The standard InChI is InChI=1S/C18H16F2N4O2/c19-18(20)26-15-6-2-1-5-14(15)17(25)24-10-8-23(9-11-24)16-13(12-21)4-3-7-22-16/h1-7,18H,8-11H2. The minimum absolute atomic E-state index is 0.108. The number of benzene rings is 1. The number of ether oxygens (including phenoxy) is 1. The number of para-hydroxylation sites is 1. The summed E-state index contributed by atoms with van der Waals surface area (Å²) in [7, 11) is 0. The number of hydrogen-bond acceptors (Lipinski definition) is 5. The Balaban J connectivity index is 1.71. The van der Waals surface area contributed by atoms with Gasteiger partial charge in [-0.25, -0.2) is 4.98 Å². The third-order valence-electron chi connectivity index (χ3n) is 4.11. The molecule has 0 N–H and O–H groups in total. The van der Waals surface area contributed by atoms with Crippen molar-refractivity contribution in [2.24, 2.45) is 0 Å². The Morgan fingerprint density at radius 1 is 1.15 bits per heavy atom. The molecule has 134 valence electrons. The molecule has 2 aromatic rings. The van der Waals surface area contributed by atoms with Gasteiger partial charge in [-0.05, 0) is 24.3 Å². The normalized spacial score (nSPS) is 14.2. The first-order chi connectivity index (χ1) is 12.6. The summed E-state index contributed by atoms with van der Waals surface area (Å²) in [5.74, 6) is 0.0948. The molecular formula is C18H16F2N4O2. The van der Waals surface area contributed by atoms with E-state index in [1.807, 2.05) is 4.90 Å². The highest BCUT2D eigenvalue weighted by Crippen LogP contribution is 2.24. The number of carbonyl (C=O) groups excluding carboxylic acids is 1. The number of nitrogens with zero attached hydrogens (tertiary/aromatic N) is 4. The largest absolute Gasteiger partial charge is 0.434 e. The van der Waals surface area contributed by atoms with Crippen LogP contribution in [0.2, 0.25) is 0 Å². The fraction of sp³-hybridized carbons (Fsp3) is 0.278. The maximum atomic E-state index is 12.7. The van der Waals surface area contributed by atoms with Crippen LogP contribution in [0.5, 0.6) is 5.75 Å². The fourth-order valence-corrected chi connectivity index (χ4v) is 2.87. The van der Waals surface area contributed by atoms with Gasteiger partial charge in [-0.2, -0.15) is 14.0 Å². The average molecular weight is 358 g/mol. The highest BCUT2D eigenvalue weighted by Gasteiger charge is 2.26. The molecule has 0 atom stereocenters. The van der Waals surface area contributed by atoms with Crippen LogP contribution in [-0.2, 0) is 0 Å². The van der Waals surface area contributed by atoms with Gasteiger partial charge >= 0.3 is 6.61 Å². The van der Waals surface area contributed by atoms with Gasteiger partial charge in [-0.1, -0.05) is 12.1 Å². The highest BCUT2D eigenvalue weighted by atomic mass is 19.3. The maximum Gasteiger partial charge on any atom is 0.387 e. The van der Waals surface area contributed by atoms with Crippen LogP contribution in [0.1, 0.15) is 15.9 Å². The van der Waals surface area contributed by atoms with Crippen molar-refractivity contribution in [1.82, 2.24) is 9.88 Å². The fourth-order valence-electron chi connectivity index (χ4n) is 2.87. The molecule has 1 aromatic heterocycles. The molecule has 1 aliphatic heterocycles. The van der Waals surface area contributed by atoms with Crippen molar-refractivity contribution in [3.05, 3.63) is 53.7 Å². The van der Waals surface area contributed by atoms with Gasteiger partial charge in [0.2, 0.25) is 0 Å². The van der Waals surface area contributed by atoms with Crippen LogP contribution < -0.4 is 9.64 Å². The van der Waals surface area contributed by atoms with Crippen LogP contribution in [0, 0.1) is 11.3 Å². The Hall–Kier alpha value is -3.21. The molecule has 0 saturated carbocycles. The van der Waals surface area contributed by atoms with Crippen LogP contribution in [0.15, 0.2) is 42.6 Å². The molecule has 1 fully saturated rings. The Bertz CT molecular complexity index is 830. The zero-order valence-corrected chi connectivity index (χ0v) is 13.8. The number of piperazine rings is 1. The van der Waals surface area contributed by atoms with E-state index in [-0.39, 0.29) is 17.2 Å². The van der Waals surface area contributed by atoms with E-state index in [1.54, 1.807) is 29.3 Å². The summed E-state index contributed by atoms with van der Waals surface area (Å²) >= 11 is 0. The van der Waals surface area contributed by atoms with Crippen molar-refractivity contribution in [3.63, 3.8) is 0 Å². The lowest BCUT2D eigenvalue weighted by atomic mass is 10.1. The molecule has 1 amide bonds. The zero-order valence-electron chi connectivity index (χ0n) is 13.8. The third kappa shape index (κ3) is 3.72. The summed E-state index contributed by atoms with van der Waals surface area (Å²) in [6.45, 7) is -1.22. The molecule has 0 unspecified atom stereocenters. The van der Waals surface area contributed by atoms with Gasteiger partial charge < -0.3 is 14.5 Å². The van der Waals surface area contributed by atoms with E-state index in [0.717, 1.165) is 0 Å². The molecule has 26 heavy (non-hydrogen) atoms. The van der Waals surface area contributed by atoms with E-state index in [2.05, 4.69) is 15.8 Å². The average Bonchev–Trinajstić information content (AvgIpc) is 2.67. The van der Waals surface area contributed by atoms with Crippen molar-refractivity contribution >= 4 is 11.7 Å². The minimum atomic E-state index is -2.99. The van der Waals surface area contributed by atoms with Gasteiger partial charge in [-0.15, -0.1) is 0 Å². The summed E-state index contributed by atoms with van der Waals surface area (Å²) in [6, 6.07) is 11.5. The second-order valence-electron chi connectivity index (χ2n) is 5.64. The summed E-state index contributed by atoms with van der Waals surface area (Å²) in [4.78, 5) is 20.4. The van der Waals surface area contributed by atoms with Crippen molar-refractivity contribution in [2.75, 3.05) is 31.1 Å². The molecule has 0 radical (unpaired) electrons. The number of anilines is 1. The number of pyridine rings is 1. The molecule has 6 nitrogen and oxygen atoms in total. The van der Waals surface area contributed by atoms with Crippen molar-refractivity contribution in [2.45, 2.75) is 6.61 Å². The van der Waals surface area contributed by atoms with Crippen LogP contribution in [-0.4, -0.2) is 48.6 Å². The first-order valence-electron chi connectivity index (χ1n) is 8.03. The van der Waals surface area contributed by atoms with Crippen LogP contribution in [0.25, 0.3) is 0 Å². The van der Waals surface area contributed by atoms with Crippen LogP contribution >= 0.6 is 0 Å². The Kier molecular flexibility index (Phi) is 5.27. The smallest absolute Gasteiger partial charge is 0.387 e. The van der Waals surface area contributed by atoms with Crippen molar-refractivity contribution in [3.8, 4) is 11.8 Å². The molecule has 0 bridgehead atoms. The molecule has 1 saturated heterocycles. The summed E-state index contributed by atoms with van der Waals surface area (Å²) in [5, 5.41) is 9.18. The van der Waals surface area contributed by atoms with E-state index < -0.39 is 6.61 Å². The molecule has 1 aromatic carbocycles. The second kappa shape index (κ2) is 7.78. The number of rotatable bonds is 4. The molecule has 3 rings (SSSR count). The minimum Gasteiger partial charge on any atom is -0.434 e. The number of amides is 1. The lowest BCUT2D eigenvalue weighted by Gasteiger charge is -2.35. The van der Waals surface area contributed by atoms with Gasteiger partial charge in [0.15, 0.2) is 0 Å². The lowest BCUT2D eigenvalue weighted by Crippen LogP contribution is -2.49. The van der Waals surface area contributed by atoms with Gasteiger partial charge in [0.05, 0.1) is 11.1 Å². The number of halogens is 2. The van der Waals surface area contributed by atoms with Gasteiger partial charge in [0.1, 0.15) is 17.6 Å². The third-order valence-corrected chi connectivity index (χ3v) is 4.11. The van der Waals surface area contributed by atoms with Crippen molar-refractivity contribution in [1.29, 1.82) is 5.26 Å². The molecule has 1 aliphatic rings. The first-order valence-corrected chi connectivity index (χ1v) is 8.03. The number of alkyl halides is 2. The van der Waals surface area contributed by atoms with Crippen LogP contribution in [0.4, 0.5) is 14.6 Å². The predicted octanol–water partition coefficient (Wildman–Crippen LogP) is 2.52. The van der Waals surface area contributed by atoms with E-state index in [0.29, 0.717) is 37.6 Å². The SMILES string of the molecule is N#Cc1cccnc1N1CCN(C(=O)c2ccccc2OC(F)F)CC1. The Morgan fingerprint density at radius 3 is 2.58 bits per heavy atom. The number of carbonyl (C=O) groups is 1. The van der Waals surface area contributed by atoms with E-state index >= 15 is 0 Å². The monoisotopic (exact) mass is 358 g/mol. The Morgan fingerprint density at radius 2 is 1.88 bits per heavy atom. The summed E-state index contributed by atoms with van der Waals surface area (Å²) < 4.78 is 29.5. The molecule has 8 heteroatoms. The van der Waals surface area contributed by atoms with Crippen molar-refractivity contribution < 1.29 is 18.3 Å². The van der Waals surface area contributed by atoms with E-state index in [9.17, 15) is 18.8 Å². The number of nitriles is 1. The van der Waals surface area contributed by atoms with Crippen LogP contribution in [0.3, 0.4) is 0 Å². The van der Waals surface area contributed by atoms with Gasteiger partial charge in [0.25, 0.3) is 5.91 Å². The molecule has 0 aliphatic carbocycles. The summed E-state index contributed by atoms with van der Waals surface area (Å²) in [6.07, 6.45) is 1.62. The quantitative estimate of drug-likeness (QED) is 0.840. The molecular weight excluding hydrogens is 342 g/mol. The second-order valence-corrected chi connectivity index (χ2v) is 5.64. The van der Waals surface area contributed by atoms with E-state index in [4.69, 9.17) is 0 Å². The van der Waals surface area contributed by atoms with Gasteiger partial charge in [-0.3, -0.25) is 4.79 Å². The Labute approximate surface area is 149 Å². The first kappa shape index (κ1) is 17.6. The lowest BCUT2D eigenvalue weighted by molar-refractivity contribution is -0.0502. The molecule has 0 spiro atoms. The zero-order chi connectivity index (χ0) is 18.5. The molecule has 2 heterocycles. The number of hydrogen-bond donors (Lipinski definition) is 0. The highest BCUT2D eigenvalue weighted by molar-refractivity contribution is 5.97. The predicted molar refractivity (Wildman–Crippen MR) is 90.1 cm³/mol. The van der Waals surface area contributed by atoms with E-state index in [1.165, 1.54) is 18.2 Å². The summed E-state index contributed by atoms with van der Waals surface area (Å²) in [5.41, 5.74) is 0.583.